The second-order valence-corrected chi connectivity index (χ2v) is 5.75. The summed E-state index contributed by atoms with van der Waals surface area (Å²) in [7, 11) is 0. The van der Waals surface area contributed by atoms with Gasteiger partial charge in [0.2, 0.25) is 0 Å². The van der Waals surface area contributed by atoms with Gasteiger partial charge in [-0.1, -0.05) is 13.8 Å². The van der Waals surface area contributed by atoms with Crippen LogP contribution < -0.4 is 0 Å². The fraction of sp³-hybridized carbons (Fsp3) is 0.917. The van der Waals surface area contributed by atoms with Gasteiger partial charge in [0.1, 0.15) is 0 Å². The average molecular weight is 252 g/mol. The van der Waals surface area contributed by atoms with Crippen LogP contribution in [0.25, 0.3) is 0 Å². The first-order valence-corrected chi connectivity index (χ1v) is 5.90. The van der Waals surface area contributed by atoms with E-state index < -0.39 is 30.4 Å². The molecule has 0 spiro atoms. The van der Waals surface area contributed by atoms with Crippen LogP contribution in [-0.2, 0) is 4.79 Å². The molecule has 0 aliphatic heterocycles. The van der Waals surface area contributed by atoms with Gasteiger partial charge in [0.25, 0.3) is 0 Å². The molecule has 0 aromatic heterocycles. The molecule has 1 aliphatic carbocycles. The number of rotatable bonds is 3. The number of aliphatic carboxylic acids is 1. The maximum atomic E-state index is 12.8. The Labute approximate surface area is 99.2 Å². The van der Waals surface area contributed by atoms with Gasteiger partial charge in [-0.2, -0.15) is 13.2 Å². The molecular weight excluding hydrogens is 233 g/mol. The number of halogens is 3. The van der Waals surface area contributed by atoms with Gasteiger partial charge >= 0.3 is 12.1 Å². The molecule has 0 radical (unpaired) electrons. The van der Waals surface area contributed by atoms with Crippen molar-refractivity contribution in [3.05, 3.63) is 0 Å². The molecule has 0 heterocycles. The molecule has 1 aliphatic rings. The first kappa shape index (κ1) is 14.3. The van der Waals surface area contributed by atoms with Crippen LogP contribution in [0, 0.1) is 17.3 Å². The Morgan fingerprint density at radius 3 is 2.18 bits per heavy atom. The molecule has 1 atom stereocenters. The van der Waals surface area contributed by atoms with Gasteiger partial charge in [-0.25, -0.2) is 0 Å². The molecule has 1 fully saturated rings. The Kier molecular flexibility index (Phi) is 4.10. The molecule has 0 aromatic carbocycles. The molecule has 17 heavy (non-hydrogen) atoms. The van der Waals surface area contributed by atoms with Crippen LogP contribution in [0.1, 0.15) is 46.0 Å². The van der Waals surface area contributed by atoms with Gasteiger partial charge < -0.3 is 5.11 Å². The quantitative estimate of drug-likeness (QED) is 0.828. The predicted octanol–water partition coefficient (Wildman–Crippen LogP) is 3.86. The Hall–Kier alpha value is -0.740. The monoisotopic (exact) mass is 252 g/mol. The van der Waals surface area contributed by atoms with Crippen LogP contribution in [0.15, 0.2) is 0 Å². The fourth-order valence-corrected chi connectivity index (χ4v) is 2.56. The summed E-state index contributed by atoms with van der Waals surface area (Å²) >= 11 is 0. The molecule has 5 heteroatoms. The predicted molar refractivity (Wildman–Crippen MR) is 57.5 cm³/mol. The van der Waals surface area contributed by atoms with Crippen molar-refractivity contribution in [1.82, 2.24) is 0 Å². The molecule has 1 unspecified atom stereocenters. The van der Waals surface area contributed by atoms with E-state index in [1.54, 1.807) is 0 Å². The van der Waals surface area contributed by atoms with Crippen molar-refractivity contribution in [3.63, 3.8) is 0 Å². The fourth-order valence-electron chi connectivity index (χ4n) is 2.56. The summed E-state index contributed by atoms with van der Waals surface area (Å²) in [5.41, 5.74) is 0.0931. The highest BCUT2D eigenvalue weighted by Crippen LogP contribution is 2.46. The minimum Gasteiger partial charge on any atom is -0.481 e. The number of alkyl halides is 3. The molecule has 0 bridgehead atoms. The third-order valence-corrected chi connectivity index (χ3v) is 3.77. The standard InChI is InChI=1S/C12H19F3O2/c1-11(2)5-3-8(4-6-11)9(7-10(16)17)12(13,14)15/h8-9H,3-7H2,1-2H3,(H,16,17). The van der Waals surface area contributed by atoms with Gasteiger partial charge in [0, 0.05) is 0 Å². The van der Waals surface area contributed by atoms with E-state index in [0.717, 1.165) is 12.8 Å². The molecule has 0 saturated heterocycles. The molecule has 0 aromatic rings. The average Bonchev–Trinajstić information content (AvgIpc) is 2.13. The van der Waals surface area contributed by atoms with Crippen molar-refractivity contribution in [2.24, 2.45) is 17.3 Å². The summed E-state index contributed by atoms with van der Waals surface area (Å²) in [4.78, 5) is 10.5. The lowest BCUT2D eigenvalue weighted by Crippen LogP contribution is -2.36. The molecule has 2 nitrogen and oxygen atoms in total. The summed E-state index contributed by atoms with van der Waals surface area (Å²) < 4.78 is 38.4. The van der Waals surface area contributed by atoms with Gasteiger partial charge in [0.15, 0.2) is 0 Å². The molecule has 1 rings (SSSR count). The molecule has 1 saturated carbocycles. The lowest BCUT2D eigenvalue weighted by Gasteiger charge is -2.38. The SMILES string of the molecule is CC1(C)CCC(C(CC(=O)O)C(F)(F)F)CC1. The van der Waals surface area contributed by atoms with Crippen LogP contribution in [-0.4, -0.2) is 17.3 Å². The van der Waals surface area contributed by atoms with Crippen LogP contribution in [0.2, 0.25) is 0 Å². The molecular formula is C12H19F3O2. The van der Waals surface area contributed by atoms with Crippen molar-refractivity contribution in [3.8, 4) is 0 Å². The van der Waals surface area contributed by atoms with Gasteiger partial charge in [-0.05, 0) is 37.0 Å². The van der Waals surface area contributed by atoms with Crippen LogP contribution in [0.3, 0.4) is 0 Å². The third kappa shape index (κ3) is 4.21. The Bertz CT molecular complexity index is 274. The van der Waals surface area contributed by atoms with Crippen LogP contribution in [0.4, 0.5) is 13.2 Å². The zero-order valence-corrected chi connectivity index (χ0v) is 10.2. The van der Waals surface area contributed by atoms with Crippen molar-refractivity contribution >= 4 is 5.97 Å². The highest BCUT2D eigenvalue weighted by atomic mass is 19.4. The molecule has 100 valence electrons. The van der Waals surface area contributed by atoms with E-state index in [4.69, 9.17) is 5.11 Å². The van der Waals surface area contributed by atoms with E-state index in [0.29, 0.717) is 12.8 Å². The smallest absolute Gasteiger partial charge is 0.392 e. The summed E-state index contributed by atoms with van der Waals surface area (Å²) in [6, 6.07) is 0. The summed E-state index contributed by atoms with van der Waals surface area (Å²) in [6.07, 6.45) is -2.76. The van der Waals surface area contributed by atoms with E-state index in [2.05, 4.69) is 0 Å². The minimum absolute atomic E-state index is 0.0931. The van der Waals surface area contributed by atoms with Crippen molar-refractivity contribution in [2.45, 2.75) is 52.1 Å². The summed E-state index contributed by atoms with van der Waals surface area (Å²) in [5.74, 6) is -3.58. The van der Waals surface area contributed by atoms with E-state index in [-0.39, 0.29) is 5.41 Å². The first-order valence-electron chi connectivity index (χ1n) is 5.90. The Balaban J connectivity index is 2.69. The van der Waals surface area contributed by atoms with Gasteiger partial charge in [-0.15, -0.1) is 0 Å². The summed E-state index contributed by atoms with van der Waals surface area (Å²) in [5, 5.41) is 8.58. The zero-order valence-electron chi connectivity index (χ0n) is 10.2. The van der Waals surface area contributed by atoms with E-state index in [1.165, 1.54) is 0 Å². The number of hydrogen-bond donors (Lipinski definition) is 1. The number of carboxylic acids is 1. The third-order valence-electron chi connectivity index (χ3n) is 3.77. The minimum atomic E-state index is -4.40. The summed E-state index contributed by atoms with van der Waals surface area (Å²) in [6.45, 7) is 4.09. The van der Waals surface area contributed by atoms with Crippen molar-refractivity contribution in [2.75, 3.05) is 0 Å². The normalized spacial score (nSPS) is 23.4. The van der Waals surface area contributed by atoms with Gasteiger partial charge in [-0.3, -0.25) is 4.79 Å². The number of carboxylic acid groups (broad SMARTS) is 1. The molecule has 1 N–H and O–H groups in total. The van der Waals surface area contributed by atoms with E-state index in [9.17, 15) is 18.0 Å². The first-order chi connectivity index (χ1) is 7.62. The Morgan fingerprint density at radius 2 is 1.82 bits per heavy atom. The van der Waals surface area contributed by atoms with Crippen molar-refractivity contribution < 1.29 is 23.1 Å². The molecule has 0 amide bonds. The van der Waals surface area contributed by atoms with Gasteiger partial charge in [0.05, 0.1) is 12.3 Å². The van der Waals surface area contributed by atoms with E-state index >= 15 is 0 Å². The topological polar surface area (TPSA) is 37.3 Å². The highest BCUT2D eigenvalue weighted by molar-refractivity contribution is 5.67. The Morgan fingerprint density at radius 1 is 1.35 bits per heavy atom. The van der Waals surface area contributed by atoms with E-state index in [1.807, 2.05) is 13.8 Å². The second kappa shape index (κ2) is 4.86. The highest BCUT2D eigenvalue weighted by Gasteiger charge is 2.47. The van der Waals surface area contributed by atoms with Crippen molar-refractivity contribution in [1.29, 1.82) is 0 Å². The lowest BCUT2D eigenvalue weighted by molar-refractivity contribution is -0.199. The number of hydrogen-bond acceptors (Lipinski definition) is 1. The van der Waals surface area contributed by atoms with Crippen LogP contribution >= 0.6 is 0 Å². The maximum Gasteiger partial charge on any atom is 0.392 e. The lowest BCUT2D eigenvalue weighted by atomic mass is 9.69. The maximum absolute atomic E-state index is 12.8. The largest absolute Gasteiger partial charge is 0.481 e. The zero-order chi connectivity index (χ0) is 13.3. The number of carbonyl (C=O) groups is 1. The second-order valence-electron chi connectivity index (χ2n) is 5.75. The van der Waals surface area contributed by atoms with Crippen LogP contribution in [0.5, 0.6) is 0 Å².